The Bertz CT molecular complexity index is 453. The van der Waals surface area contributed by atoms with Crippen molar-refractivity contribution in [3.8, 4) is 5.75 Å². The number of aromatic hydroxyl groups is 1. The molecule has 0 atom stereocenters. The molecule has 0 saturated carbocycles. The number of phenols is 1. The van der Waals surface area contributed by atoms with Gasteiger partial charge >= 0.3 is 5.97 Å². The van der Waals surface area contributed by atoms with Gasteiger partial charge in [-0.25, -0.2) is 4.79 Å². The van der Waals surface area contributed by atoms with Crippen LogP contribution in [0.2, 0.25) is 0 Å². The van der Waals surface area contributed by atoms with Crippen LogP contribution in [-0.4, -0.2) is 16.2 Å². The molecule has 0 aliphatic heterocycles. The molecule has 0 aliphatic carbocycles. The first-order valence-corrected chi connectivity index (χ1v) is 6.10. The van der Waals surface area contributed by atoms with E-state index in [-0.39, 0.29) is 22.1 Å². The first-order chi connectivity index (χ1) is 8.04. The summed E-state index contributed by atoms with van der Waals surface area (Å²) in [6, 6.07) is 4.91. The van der Waals surface area contributed by atoms with E-state index in [1.807, 2.05) is 13.8 Å². The van der Waals surface area contributed by atoms with Crippen molar-refractivity contribution in [1.29, 1.82) is 0 Å². The fraction of sp³-hybridized carbons (Fsp3) is 0.533. The maximum Gasteiger partial charge on any atom is 0.339 e. The van der Waals surface area contributed by atoms with Crippen molar-refractivity contribution in [2.45, 2.75) is 46.5 Å². The number of hydrogen-bond acceptors (Lipinski definition) is 2. The number of carboxylic acids is 1. The average Bonchev–Trinajstić information content (AvgIpc) is 2.13. The fourth-order valence-corrected chi connectivity index (χ4v) is 2.68. The molecular formula is C15H22O3. The van der Waals surface area contributed by atoms with Crippen molar-refractivity contribution in [3.63, 3.8) is 0 Å². The molecule has 0 saturated heterocycles. The van der Waals surface area contributed by atoms with E-state index in [1.54, 1.807) is 12.1 Å². The molecule has 3 heteroatoms. The van der Waals surface area contributed by atoms with Crippen LogP contribution >= 0.6 is 0 Å². The lowest BCUT2D eigenvalue weighted by molar-refractivity contribution is 0.0693. The van der Waals surface area contributed by atoms with E-state index in [0.717, 1.165) is 6.42 Å². The summed E-state index contributed by atoms with van der Waals surface area (Å²) < 4.78 is 0. The Hall–Kier alpha value is -1.51. The number of aromatic carboxylic acids is 1. The molecule has 1 aromatic carbocycles. The van der Waals surface area contributed by atoms with Crippen molar-refractivity contribution in [2.24, 2.45) is 5.41 Å². The van der Waals surface area contributed by atoms with Gasteiger partial charge in [0.15, 0.2) is 0 Å². The van der Waals surface area contributed by atoms with Gasteiger partial charge in [-0.1, -0.05) is 46.8 Å². The predicted molar refractivity (Wildman–Crippen MR) is 72.2 cm³/mol. The van der Waals surface area contributed by atoms with E-state index in [4.69, 9.17) is 5.11 Å². The van der Waals surface area contributed by atoms with Crippen molar-refractivity contribution in [2.75, 3.05) is 0 Å². The van der Waals surface area contributed by atoms with Crippen LogP contribution in [0.5, 0.6) is 5.75 Å². The maximum absolute atomic E-state index is 11.0. The van der Waals surface area contributed by atoms with Gasteiger partial charge in [0.25, 0.3) is 0 Å². The second kappa shape index (κ2) is 4.63. The minimum atomic E-state index is -1.10. The van der Waals surface area contributed by atoms with Crippen LogP contribution in [0, 0.1) is 5.41 Å². The van der Waals surface area contributed by atoms with Gasteiger partial charge in [0.05, 0.1) is 0 Å². The molecule has 18 heavy (non-hydrogen) atoms. The normalized spacial score (nSPS) is 12.5. The predicted octanol–water partition coefficient (Wildman–Crippen LogP) is 3.80. The lowest BCUT2D eigenvalue weighted by atomic mass is 9.72. The molecule has 2 N–H and O–H groups in total. The Labute approximate surface area is 108 Å². The molecule has 100 valence electrons. The van der Waals surface area contributed by atoms with Gasteiger partial charge in [-0.15, -0.1) is 0 Å². The highest BCUT2D eigenvalue weighted by Crippen LogP contribution is 2.40. The van der Waals surface area contributed by atoms with Gasteiger partial charge in [-0.2, -0.15) is 0 Å². The Morgan fingerprint density at radius 3 is 2.17 bits per heavy atom. The molecule has 1 rings (SSSR count). The van der Waals surface area contributed by atoms with Gasteiger partial charge in [0, 0.05) is 5.56 Å². The first-order valence-electron chi connectivity index (χ1n) is 6.10. The molecule has 0 unspecified atom stereocenters. The minimum Gasteiger partial charge on any atom is -0.507 e. The third-order valence-electron chi connectivity index (χ3n) is 2.97. The molecule has 0 aromatic heterocycles. The summed E-state index contributed by atoms with van der Waals surface area (Å²) >= 11 is 0. The summed E-state index contributed by atoms with van der Waals surface area (Å²) in [5, 5.41) is 19.1. The minimum absolute atomic E-state index is 0.0329. The molecule has 0 heterocycles. The van der Waals surface area contributed by atoms with E-state index in [1.165, 1.54) is 6.07 Å². The molecule has 0 amide bonds. The van der Waals surface area contributed by atoms with E-state index in [9.17, 15) is 9.90 Å². The summed E-state index contributed by atoms with van der Waals surface area (Å²) in [6.45, 7) is 10.4. The summed E-state index contributed by atoms with van der Waals surface area (Å²) in [4.78, 5) is 11.0. The number of hydrogen-bond donors (Lipinski definition) is 2. The molecule has 0 aliphatic rings. The zero-order valence-electron chi connectivity index (χ0n) is 11.7. The summed E-state index contributed by atoms with van der Waals surface area (Å²) in [5.41, 5.74) is 0.495. The van der Waals surface area contributed by atoms with Crippen LogP contribution in [0.15, 0.2) is 18.2 Å². The Balaban J connectivity index is 3.25. The molecule has 0 fully saturated rings. The van der Waals surface area contributed by atoms with E-state index < -0.39 is 5.97 Å². The number of rotatable bonds is 3. The summed E-state index contributed by atoms with van der Waals surface area (Å²) in [7, 11) is 0. The first kappa shape index (κ1) is 14.6. The van der Waals surface area contributed by atoms with Crippen molar-refractivity contribution >= 4 is 5.97 Å². The third kappa shape index (κ3) is 3.25. The molecule has 0 radical (unpaired) electrons. The van der Waals surface area contributed by atoms with Crippen LogP contribution in [-0.2, 0) is 5.41 Å². The lowest BCUT2D eigenvalue weighted by Gasteiger charge is -2.33. The highest BCUT2D eigenvalue weighted by molar-refractivity contribution is 5.91. The molecule has 1 aromatic rings. The molecular weight excluding hydrogens is 228 g/mol. The number of carbonyl (C=O) groups is 1. The van der Waals surface area contributed by atoms with Crippen molar-refractivity contribution in [3.05, 3.63) is 29.3 Å². The van der Waals surface area contributed by atoms with Gasteiger partial charge in [-0.3, -0.25) is 0 Å². The Morgan fingerprint density at radius 1 is 1.17 bits per heavy atom. The largest absolute Gasteiger partial charge is 0.507 e. The summed E-state index contributed by atoms with van der Waals surface area (Å²) in [6.07, 6.45) is 0.858. The van der Waals surface area contributed by atoms with Gasteiger partial charge < -0.3 is 10.2 Å². The smallest absolute Gasteiger partial charge is 0.339 e. The SMILES string of the molecule is CC(C)(C)CC(C)(C)c1cccc(C(=O)O)c1O. The number of benzene rings is 1. The van der Waals surface area contributed by atoms with Crippen LogP contribution in [0.3, 0.4) is 0 Å². The zero-order chi connectivity index (χ0) is 14.1. The highest BCUT2D eigenvalue weighted by Gasteiger charge is 2.30. The maximum atomic E-state index is 11.0. The second-order valence-electron chi connectivity index (χ2n) is 6.63. The van der Waals surface area contributed by atoms with Crippen molar-refractivity contribution in [1.82, 2.24) is 0 Å². The van der Waals surface area contributed by atoms with Gasteiger partial charge in [0.1, 0.15) is 11.3 Å². The monoisotopic (exact) mass is 250 g/mol. The van der Waals surface area contributed by atoms with Crippen LogP contribution in [0.25, 0.3) is 0 Å². The molecule has 0 spiro atoms. The highest BCUT2D eigenvalue weighted by atomic mass is 16.4. The zero-order valence-corrected chi connectivity index (χ0v) is 11.7. The van der Waals surface area contributed by atoms with E-state index in [2.05, 4.69) is 20.8 Å². The average molecular weight is 250 g/mol. The number of carboxylic acid groups (broad SMARTS) is 1. The number of para-hydroxylation sites is 1. The van der Waals surface area contributed by atoms with Crippen LogP contribution < -0.4 is 0 Å². The van der Waals surface area contributed by atoms with E-state index in [0.29, 0.717) is 5.56 Å². The summed E-state index contributed by atoms with van der Waals surface area (Å²) in [5.74, 6) is -1.21. The second-order valence-corrected chi connectivity index (χ2v) is 6.63. The standard InChI is InChI=1S/C15H22O3/c1-14(2,3)9-15(4,5)11-8-6-7-10(12(11)16)13(17)18/h6-8,16H,9H2,1-5H3,(H,17,18). The van der Waals surface area contributed by atoms with Gasteiger partial charge in [-0.05, 0) is 23.3 Å². The Kier molecular flexibility index (Phi) is 3.75. The quantitative estimate of drug-likeness (QED) is 0.857. The topological polar surface area (TPSA) is 57.5 Å². The van der Waals surface area contributed by atoms with Gasteiger partial charge in [0.2, 0.25) is 0 Å². The lowest BCUT2D eigenvalue weighted by Crippen LogP contribution is -2.25. The van der Waals surface area contributed by atoms with E-state index >= 15 is 0 Å². The Morgan fingerprint density at radius 2 is 1.72 bits per heavy atom. The van der Waals surface area contributed by atoms with Crippen LogP contribution in [0.4, 0.5) is 0 Å². The molecule has 0 bridgehead atoms. The molecule has 3 nitrogen and oxygen atoms in total. The van der Waals surface area contributed by atoms with Crippen LogP contribution in [0.1, 0.15) is 57.0 Å². The fourth-order valence-electron chi connectivity index (χ4n) is 2.68. The van der Waals surface area contributed by atoms with Crippen molar-refractivity contribution < 1.29 is 15.0 Å². The third-order valence-corrected chi connectivity index (χ3v) is 2.97.